The van der Waals surface area contributed by atoms with Crippen molar-refractivity contribution in [1.82, 2.24) is 16.0 Å². The van der Waals surface area contributed by atoms with E-state index in [2.05, 4.69) is 16.0 Å². The van der Waals surface area contributed by atoms with Gasteiger partial charge in [0.15, 0.2) is 0 Å². The fraction of sp³-hybridized carbons (Fsp3) is 0.474. The summed E-state index contributed by atoms with van der Waals surface area (Å²) in [6.07, 6.45) is -1.48. The van der Waals surface area contributed by atoms with E-state index in [9.17, 15) is 27.6 Å². The molecule has 0 fully saturated rings. The van der Waals surface area contributed by atoms with Gasteiger partial charge in [-0.1, -0.05) is 12.1 Å². The number of carbonyl (C=O) groups excluding carboxylic acids is 4. The Labute approximate surface area is 191 Å². The van der Waals surface area contributed by atoms with E-state index in [1.165, 1.54) is 31.3 Å². The molecule has 184 valence electrons. The molecule has 13 nitrogen and oxygen atoms in total. The molecule has 0 aliphatic carbocycles. The summed E-state index contributed by atoms with van der Waals surface area (Å²) in [7, 11) is -3.08. The van der Waals surface area contributed by atoms with E-state index in [0.29, 0.717) is 5.56 Å². The molecule has 0 heterocycles. The number of alkyl carbamates (subject to hydrolysis) is 1. The van der Waals surface area contributed by atoms with E-state index in [0.717, 1.165) is 0 Å². The van der Waals surface area contributed by atoms with Gasteiger partial charge in [-0.15, -0.1) is 0 Å². The second-order valence-electron chi connectivity index (χ2n) is 8.02. The van der Waals surface area contributed by atoms with E-state index in [-0.39, 0.29) is 12.1 Å². The van der Waals surface area contributed by atoms with Gasteiger partial charge in [0, 0.05) is 13.5 Å². The van der Waals surface area contributed by atoms with Crippen molar-refractivity contribution in [2.75, 3.05) is 11.8 Å². The van der Waals surface area contributed by atoms with Gasteiger partial charge in [0.1, 0.15) is 17.7 Å². The lowest BCUT2D eigenvalue weighted by atomic mass is 10.0. The zero-order chi connectivity index (χ0) is 25.4. The zero-order valence-electron chi connectivity index (χ0n) is 18.7. The molecule has 33 heavy (non-hydrogen) atoms. The van der Waals surface area contributed by atoms with Crippen LogP contribution in [-0.4, -0.2) is 61.5 Å². The molecule has 0 bridgehead atoms. The molecule has 0 saturated heterocycles. The first-order valence-electron chi connectivity index (χ1n) is 9.73. The fourth-order valence-corrected chi connectivity index (χ4v) is 3.04. The standard InChI is InChI=1S/C19H29N5O8S/c1-19(2,3)32-18(28)23-14(10-15(20)25)17(27)22-13(16(26)21-4)9-11-5-7-12(8-6-11)24-33(29,30)31/h5-8,13-14,24H,9-10H2,1-4H3,(H2,20,25)(H,21,26)(H,22,27)(H,23,28)(H,29,30,31)/t13-,14+/m0/s1. The maximum Gasteiger partial charge on any atom is 0.408 e. The van der Waals surface area contributed by atoms with Crippen LogP contribution in [0.25, 0.3) is 0 Å². The minimum atomic E-state index is -4.44. The Hall–Kier alpha value is -3.39. The monoisotopic (exact) mass is 487 g/mol. The van der Waals surface area contributed by atoms with Crippen LogP contribution in [0.5, 0.6) is 0 Å². The number of primary amides is 1. The number of hydrogen-bond donors (Lipinski definition) is 6. The zero-order valence-corrected chi connectivity index (χ0v) is 19.5. The Morgan fingerprint density at radius 1 is 1.03 bits per heavy atom. The van der Waals surface area contributed by atoms with Crippen molar-refractivity contribution in [3.63, 3.8) is 0 Å². The molecule has 4 amide bonds. The van der Waals surface area contributed by atoms with Crippen LogP contribution < -0.4 is 26.4 Å². The third-order valence-electron chi connectivity index (χ3n) is 3.93. The summed E-state index contributed by atoms with van der Waals surface area (Å²) in [5.74, 6) is -2.25. The van der Waals surface area contributed by atoms with Crippen LogP contribution in [0.15, 0.2) is 24.3 Å². The smallest absolute Gasteiger partial charge is 0.408 e. The van der Waals surface area contributed by atoms with Crippen LogP contribution in [0, 0.1) is 0 Å². The summed E-state index contributed by atoms with van der Waals surface area (Å²) in [5.41, 5.74) is 4.95. The molecule has 2 atom stereocenters. The first-order valence-corrected chi connectivity index (χ1v) is 11.2. The van der Waals surface area contributed by atoms with Crippen LogP contribution in [0.1, 0.15) is 32.8 Å². The van der Waals surface area contributed by atoms with E-state index < -0.39 is 58.2 Å². The Morgan fingerprint density at radius 3 is 2.06 bits per heavy atom. The third kappa shape index (κ3) is 11.2. The average molecular weight is 488 g/mol. The third-order valence-corrected chi connectivity index (χ3v) is 4.43. The summed E-state index contributed by atoms with van der Waals surface area (Å²) in [6.45, 7) is 4.86. The van der Waals surface area contributed by atoms with E-state index in [4.69, 9.17) is 15.0 Å². The van der Waals surface area contributed by atoms with Gasteiger partial charge in [-0.05, 0) is 38.5 Å². The van der Waals surface area contributed by atoms with Crippen molar-refractivity contribution in [1.29, 1.82) is 0 Å². The number of benzene rings is 1. The minimum absolute atomic E-state index is 0.00665. The van der Waals surface area contributed by atoms with Crippen molar-refractivity contribution >= 4 is 39.8 Å². The minimum Gasteiger partial charge on any atom is -0.444 e. The second-order valence-corrected chi connectivity index (χ2v) is 9.18. The van der Waals surface area contributed by atoms with Gasteiger partial charge in [0.2, 0.25) is 17.7 Å². The molecule has 0 aromatic heterocycles. The van der Waals surface area contributed by atoms with Crippen molar-refractivity contribution in [3.05, 3.63) is 29.8 Å². The Kier molecular flexibility index (Phi) is 9.61. The highest BCUT2D eigenvalue weighted by Gasteiger charge is 2.29. The average Bonchev–Trinajstić information content (AvgIpc) is 2.64. The summed E-state index contributed by atoms with van der Waals surface area (Å²) >= 11 is 0. The van der Waals surface area contributed by atoms with Gasteiger partial charge in [0.05, 0.1) is 12.1 Å². The number of nitrogens with one attached hydrogen (secondary N) is 4. The van der Waals surface area contributed by atoms with Gasteiger partial charge in [0.25, 0.3) is 0 Å². The molecule has 1 rings (SSSR count). The first-order chi connectivity index (χ1) is 15.1. The molecule has 7 N–H and O–H groups in total. The number of ether oxygens (including phenoxy) is 1. The first kappa shape index (κ1) is 27.6. The van der Waals surface area contributed by atoms with E-state index in [1.807, 2.05) is 4.72 Å². The number of likely N-dealkylation sites (N-methyl/N-ethyl adjacent to an activating group) is 1. The van der Waals surface area contributed by atoms with Gasteiger partial charge in [-0.2, -0.15) is 8.42 Å². The molecule has 0 aliphatic heterocycles. The van der Waals surface area contributed by atoms with Crippen molar-refractivity contribution in [2.45, 2.75) is 51.3 Å². The summed E-state index contributed by atoms with van der Waals surface area (Å²) in [6, 6.07) is 3.19. The highest BCUT2D eigenvalue weighted by molar-refractivity contribution is 7.87. The van der Waals surface area contributed by atoms with Crippen molar-refractivity contribution < 1.29 is 36.9 Å². The Balaban J connectivity index is 2.97. The molecule has 0 saturated carbocycles. The van der Waals surface area contributed by atoms with Gasteiger partial charge >= 0.3 is 16.4 Å². The second kappa shape index (κ2) is 11.5. The van der Waals surface area contributed by atoms with Gasteiger partial charge < -0.3 is 26.4 Å². The SMILES string of the molecule is CNC(=O)[C@H](Cc1ccc(NS(=O)(=O)O)cc1)NC(=O)[C@@H](CC(N)=O)NC(=O)OC(C)(C)C. The van der Waals surface area contributed by atoms with Crippen LogP contribution >= 0.6 is 0 Å². The van der Waals surface area contributed by atoms with Crippen molar-refractivity contribution in [3.8, 4) is 0 Å². The van der Waals surface area contributed by atoms with E-state index >= 15 is 0 Å². The van der Waals surface area contributed by atoms with Crippen LogP contribution in [0.3, 0.4) is 0 Å². The molecule has 1 aromatic carbocycles. The molecule has 0 aliphatic rings. The van der Waals surface area contributed by atoms with Crippen LogP contribution in [0.2, 0.25) is 0 Å². The summed E-state index contributed by atoms with van der Waals surface area (Å²) in [5, 5.41) is 7.13. The number of nitrogens with two attached hydrogens (primary N) is 1. The molecule has 0 spiro atoms. The van der Waals surface area contributed by atoms with Gasteiger partial charge in [-0.3, -0.25) is 23.7 Å². The Morgan fingerprint density at radius 2 is 1.61 bits per heavy atom. The summed E-state index contributed by atoms with van der Waals surface area (Å²) < 4.78 is 37.5. The molecular weight excluding hydrogens is 458 g/mol. The molecule has 0 unspecified atom stereocenters. The highest BCUT2D eigenvalue weighted by atomic mass is 32.2. The highest BCUT2D eigenvalue weighted by Crippen LogP contribution is 2.13. The number of hydrogen-bond acceptors (Lipinski definition) is 7. The van der Waals surface area contributed by atoms with Crippen molar-refractivity contribution in [2.24, 2.45) is 5.73 Å². The van der Waals surface area contributed by atoms with E-state index in [1.54, 1.807) is 20.8 Å². The lowest BCUT2D eigenvalue weighted by molar-refractivity contribution is -0.131. The normalized spacial score (nSPS) is 13.2. The number of amides is 4. The number of rotatable bonds is 10. The summed E-state index contributed by atoms with van der Waals surface area (Å²) in [4.78, 5) is 48.5. The lowest BCUT2D eigenvalue weighted by Gasteiger charge is -2.24. The lowest BCUT2D eigenvalue weighted by Crippen LogP contribution is -2.55. The largest absolute Gasteiger partial charge is 0.444 e. The molecule has 0 radical (unpaired) electrons. The van der Waals surface area contributed by atoms with Gasteiger partial charge in [-0.25, -0.2) is 4.79 Å². The van der Waals surface area contributed by atoms with Crippen LogP contribution in [0.4, 0.5) is 10.5 Å². The molecular formula is C19H29N5O8S. The molecule has 1 aromatic rings. The topological polar surface area (TPSA) is 206 Å². The molecule has 14 heteroatoms. The quantitative estimate of drug-likeness (QED) is 0.235. The predicted molar refractivity (Wildman–Crippen MR) is 118 cm³/mol. The number of carbonyl (C=O) groups is 4. The maximum absolute atomic E-state index is 12.7. The predicted octanol–water partition coefficient (Wildman–Crippen LogP) is -0.557. The maximum atomic E-state index is 12.7. The Bertz CT molecular complexity index is 973. The van der Waals surface area contributed by atoms with Crippen LogP contribution in [-0.2, 0) is 35.8 Å². The number of anilines is 1. The fourth-order valence-electron chi connectivity index (χ4n) is 2.61.